The average molecular weight is 204 g/mol. The van der Waals surface area contributed by atoms with Gasteiger partial charge in [-0.25, -0.2) is 0 Å². The van der Waals surface area contributed by atoms with Crippen LogP contribution in [0.5, 0.6) is 0 Å². The van der Waals surface area contributed by atoms with E-state index in [2.05, 4.69) is 21.9 Å². The predicted molar refractivity (Wildman–Crippen MR) is 30.1 cm³/mol. The van der Waals surface area contributed by atoms with Crippen molar-refractivity contribution in [1.82, 2.24) is 3.93 Å². The molecule has 5 nitrogen and oxygen atoms in total. The summed E-state index contributed by atoms with van der Waals surface area (Å²) in [5.74, 6) is 0. The summed E-state index contributed by atoms with van der Waals surface area (Å²) in [6.07, 6.45) is 0. The molecule has 0 saturated carbocycles. The maximum atomic E-state index is 9.90. The fourth-order valence-electron chi connectivity index (χ4n) is 0.100. The van der Waals surface area contributed by atoms with E-state index < -0.39 is 12.1 Å². The van der Waals surface area contributed by atoms with E-state index in [0.717, 1.165) is 0 Å². The molecule has 0 aliphatic rings. The first kappa shape index (κ1) is 12.0. The Bertz CT molecular complexity index is 115. The van der Waals surface area contributed by atoms with Crippen LogP contribution in [0.4, 0.5) is 9.59 Å². The molecule has 0 saturated heterocycles. The van der Waals surface area contributed by atoms with Gasteiger partial charge in [-0.2, -0.15) is 0 Å². The molecular formula is C2H3BrN3NaO2. The fourth-order valence-corrected chi connectivity index (χ4v) is 0.100. The number of amides is 4. The van der Waals surface area contributed by atoms with Crippen LogP contribution in [-0.4, -0.2) is 16.0 Å². The molecule has 0 heterocycles. The number of nitrogens with two attached hydrogens (primary N) is 1. The summed E-state index contributed by atoms with van der Waals surface area (Å²) in [5.41, 5.74) is 10.8. The minimum Gasteiger partial charge on any atom is -0.446 e. The van der Waals surface area contributed by atoms with Crippen molar-refractivity contribution in [3.05, 3.63) is 5.73 Å². The van der Waals surface area contributed by atoms with Gasteiger partial charge in [0.1, 0.15) is 0 Å². The van der Waals surface area contributed by atoms with Gasteiger partial charge < -0.3 is 15.4 Å². The van der Waals surface area contributed by atoms with E-state index in [1.807, 2.05) is 0 Å². The predicted octanol–water partition coefficient (Wildman–Crippen LogP) is -2.15. The quantitative estimate of drug-likeness (QED) is 0.360. The zero-order chi connectivity index (χ0) is 6.73. The second-order valence-corrected chi connectivity index (χ2v) is 1.63. The van der Waals surface area contributed by atoms with Gasteiger partial charge in [0.25, 0.3) is 0 Å². The summed E-state index contributed by atoms with van der Waals surface area (Å²) in [7, 11) is 0. The van der Waals surface area contributed by atoms with Crippen LogP contribution in [-0.2, 0) is 0 Å². The largest absolute Gasteiger partial charge is 1.00 e. The molecule has 0 unspecified atom stereocenters. The van der Waals surface area contributed by atoms with Crippen molar-refractivity contribution >= 4 is 28.2 Å². The standard InChI is InChI=1S/C2H4BrN3O2.Na/c3-6(1(4)7)2(5)8;/h(H4,4,5,7,8);/q;+1/p-1. The normalized spacial score (nSPS) is 7.22. The van der Waals surface area contributed by atoms with Crippen molar-refractivity contribution < 1.29 is 39.1 Å². The molecule has 0 spiro atoms. The van der Waals surface area contributed by atoms with Crippen LogP contribution < -0.4 is 35.3 Å². The summed E-state index contributed by atoms with van der Waals surface area (Å²) in [6.45, 7) is 0. The number of carbonyl (C=O) groups is 2. The third kappa shape index (κ3) is 4.71. The molecule has 0 aromatic heterocycles. The van der Waals surface area contributed by atoms with Gasteiger partial charge in [-0.3, -0.25) is 9.59 Å². The van der Waals surface area contributed by atoms with Crippen LogP contribution in [0.2, 0.25) is 0 Å². The van der Waals surface area contributed by atoms with Gasteiger partial charge in [0.05, 0.1) is 0 Å². The molecule has 0 aliphatic heterocycles. The van der Waals surface area contributed by atoms with Crippen LogP contribution in [0.1, 0.15) is 0 Å². The topological polar surface area (TPSA) is 87.2 Å². The molecule has 0 radical (unpaired) electrons. The molecule has 4 amide bonds. The summed E-state index contributed by atoms with van der Waals surface area (Å²) in [6, 6.07) is -2.18. The number of nitrogens with one attached hydrogen (secondary N) is 1. The van der Waals surface area contributed by atoms with Gasteiger partial charge in [0.15, 0.2) is 6.03 Å². The van der Waals surface area contributed by atoms with Crippen molar-refractivity contribution in [2.75, 3.05) is 0 Å². The number of carbonyl (C=O) groups excluding carboxylic acids is 2. The van der Waals surface area contributed by atoms with E-state index in [9.17, 15) is 9.59 Å². The Kier molecular flexibility index (Phi) is 6.69. The van der Waals surface area contributed by atoms with Crippen molar-refractivity contribution in [2.45, 2.75) is 0 Å². The van der Waals surface area contributed by atoms with E-state index in [0.29, 0.717) is 3.93 Å². The minimum atomic E-state index is -1.18. The smallest absolute Gasteiger partial charge is 0.446 e. The van der Waals surface area contributed by atoms with E-state index in [4.69, 9.17) is 5.73 Å². The first-order valence-corrected chi connectivity index (χ1v) is 2.27. The Labute approximate surface area is 82.4 Å². The zero-order valence-electron chi connectivity index (χ0n) is 4.72. The number of halogens is 1. The van der Waals surface area contributed by atoms with E-state index >= 15 is 0 Å². The zero-order valence-corrected chi connectivity index (χ0v) is 8.31. The third-order valence-corrected chi connectivity index (χ3v) is 1.04. The maximum Gasteiger partial charge on any atom is 1.00 e. The SMILES string of the molecule is [NH-]C(=O)N(Br)C(N)=O.[Na+]. The van der Waals surface area contributed by atoms with Crippen molar-refractivity contribution in [1.29, 1.82) is 0 Å². The summed E-state index contributed by atoms with van der Waals surface area (Å²) in [4.78, 5) is 19.7. The van der Waals surface area contributed by atoms with Gasteiger partial charge in [0, 0.05) is 0 Å². The molecule has 0 atom stereocenters. The van der Waals surface area contributed by atoms with Gasteiger partial charge in [-0.05, 0) is 0 Å². The molecule has 0 bridgehead atoms. The summed E-state index contributed by atoms with van der Waals surface area (Å²) in [5, 5.41) is 0. The molecule has 0 rings (SSSR count). The first-order chi connectivity index (χ1) is 3.55. The number of hydrogen-bond donors (Lipinski definition) is 1. The minimum absolute atomic E-state index is 0. The molecule has 46 valence electrons. The summed E-state index contributed by atoms with van der Waals surface area (Å²) >= 11 is 2.43. The van der Waals surface area contributed by atoms with E-state index in [1.165, 1.54) is 0 Å². The Morgan fingerprint density at radius 3 is 1.89 bits per heavy atom. The van der Waals surface area contributed by atoms with Crippen molar-refractivity contribution in [3.63, 3.8) is 0 Å². The maximum absolute atomic E-state index is 9.90. The summed E-state index contributed by atoms with van der Waals surface area (Å²) < 4.78 is 0.312. The van der Waals surface area contributed by atoms with Crippen LogP contribution in [0.15, 0.2) is 0 Å². The second kappa shape index (κ2) is 5.04. The number of imide groups is 1. The van der Waals surface area contributed by atoms with Gasteiger partial charge in [-0.1, -0.05) is 16.1 Å². The average Bonchev–Trinajstić information content (AvgIpc) is 1.64. The number of urea groups is 2. The molecule has 0 aromatic carbocycles. The van der Waals surface area contributed by atoms with Crippen LogP contribution in [0.25, 0.3) is 5.73 Å². The first-order valence-electron chi connectivity index (χ1n) is 1.56. The Morgan fingerprint density at radius 2 is 1.89 bits per heavy atom. The van der Waals surface area contributed by atoms with Gasteiger partial charge in [0.2, 0.25) is 6.03 Å². The second-order valence-electron chi connectivity index (χ2n) is 0.924. The van der Waals surface area contributed by atoms with Gasteiger partial charge >= 0.3 is 29.6 Å². The molecule has 0 aliphatic carbocycles. The fraction of sp³-hybridized carbons (Fsp3) is 0. The Hall–Kier alpha value is 0.220. The Balaban J connectivity index is 0. The molecule has 3 N–H and O–H groups in total. The van der Waals surface area contributed by atoms with E-state index in [1.54, 1.807) is 0 Å². The van der Waals surface area contributed by atoms with Crippen molar-refractivity contribution in [3.8, 4) is 0 Å². The van der Waals surface area contributed by atoms with Crippen LogP contribution in [0, 0.1) is 0 Å². The van der Waals surface area contributed by atoms with Crippen LogP contribution >= 0.6 is 16.1 Å². The molecule has 9 heavy (non-hydrogen) atoms. The molecular weight excluding hydrogens is 201 g/mol. The van der Waals surface area contributed by atoms with Crippen molar-refractivity contribution in [2.24, 2.45) is 5.73 Å². The third-order valence-electron chi connectivity index (χ3n) is 0.372. The van der Waals surface area contributed by atoms with E-state index in [-0.39, 0.29) is 29.6 Å². The number of primary amides is 1. The number of nitrogens with zero attached hydrogens (tertiary/aromatic N) is 1. The number of rotatable bonds is 0. The molecule has 7 heteroatoms. The molecule has 0 aromatic rings. The van der Waals surface area contributed by atoms with Crippen LogP contribution in [0.3, 0.4) is 0 Å². The Morgan fingerprint density at radius 1 is 1.56 bits per heavy atom. The number of hydrogen-bond acceptors (Lipinski definition) is 2. The molecule has 0 fully saturated rings. The van der Waals surface area contributed by atoms with Gasteiger partial charge in [-0.15, -0.1) is 0 Å². The monoisotopic (exact) mass is 203 g/mol.